The van der Waals surface area contributed by atoms with E-state index in [0.717, 1.165) is 41.7 Å². The van der Waals surface area contributed by atoms with E-state index in [-0.39, 0.29) is 11.8 Å². The number of likely N-dealkylation sites (tertiary alicyclic amines) is 1. The van der Waals surface area contributed by atoms with Gasteiger partial charge in [-0.1, -0.05) is 12.1 Å². The molecule has 1 saturated heterocycles. The van der Waals surface area contributed by atoms with Crippen LogP contribution in [0.5, 0.6) is 0 Å². The van der Waals surface area contributed by atoms with Crippen molar-refractivity contribution in [2.75, 3.05) is 33.4 Å². The summed E-state index contributed by atoms with van der Waals surface area (Å²) in [4.78, 5) is 27.1. The van der Waals surface area contributed by atoms with Gasteiger partial charge in [-0.15, -0.1) is 0 Å². The van der Waals surface area contributed by atoms with Crippen molar-refractivity contribution in [1.82, 2.24) is 20.0 Å². The van der Waals surface area contributed by atoms with Crippen LogP contribution in [0, 0.1) is 12.8 Å². The molecule has 0 spiro atoms. The van der Waals surface area contributed by atoms with Crippen LogP contribution in [0.4, 0.5) is 0 Å². The van der Waals surface area contributed by atoms with Gasteiger partial charge in [0, 0.05) is 61.9 Å². The zero-order valence-corrected chi connectivity index (χ0v) is 19.2. The highest BCUT2D eigenvalue weighted by atomic mass is 16.5. The molecule has 2 aliphatic rings. The number of benzene rings is 2. The number of amides is 2. The van der Waals surface area contributed by atoms with Crippen molar-refractivity contribution in [3.8, 4) is 0 Å². The normalized spacial score (nSPS) is 16.1. The monoisotopic (exact) mass is 446 g/mol. The van der Waals surface area contributed by atoms with Gasteiger partial charge in [0.2, 0.25) is 0 Å². The molecule has 0 radical (unpaired) electrons. The van der Waals surface area contributed by atoms with E-state index < -0.39 is 0 Å². The number of carbonyl (C=O) groups is 2. The second-order valence-electron chi connectivity index (χ2n) is 9.24. The van der Waals surface area contributed by atoms with E-state index in [1.165, 1.54) is 18.4 Å². The molecule has 1 aliphatic heterocycles. The number of aromatic nitrogens is 2. The first kappa shape index (κ1) is 21.6. The summed E-state index contributed by atoms with van der Waals surface area (Å²) in [5.41, 5.74) is 4.59. The van der Waals surface area contributed by atoms with Gasteiger partial charge in [-0.05, 0) is 61.1 Å². The van der Waals surface area contributed by atoms with Crippen LogP contribution in [-0.2, 0) is 11.3 Å². The predicted octanol–water partition coefficient (Wildman–Crippen LogP) is 3.37. The maximum atomic E-state index is 12.8. The summed E-state index contributed by atoms with van der Waals surface area (Å²) in [7, 11) is 1.61. The van der Waals surface area contributed by atoms with Gasteiger partial charge in [0.1, 0.15) is 0 Å². The molecule has 2 amide bonds. The van der Waals surface area contributed by atoms with E-state index >= 15 is 0 Å². The summed E-state index contributed by atoms with van der Waals surface area (Å²) in [5, 5.41) is 8.55. The van der Waals surface area contributed by atoms with Crippen LogP contribution >= 0.6 is 0 Å². The third-order valence-electron chi connectivity index (χ3n) is 6.74. The molecule has 1 N–H and O–H groups in total. The molecule has 1 aliphatic carbocycles. The molecule has 0 bridgehead atoms. The summed E-state index contributed by atoms with van der Waals surface area (Å²) in [6.45, 7) is 5.16. The molecule has 1 saturated carbocycles. The number of nitrogens with zero attached hydrogens (tertiary/aromatic N) is 3. The predicted molar refractivity (Wildman–Crippen MR) is 126 cm³/mol. The molecule has 0 atom stereocenters. The number of nitrogens with one attached hydrogen (secondary N) is 1. The molecular formula is C26H30N4O3. The Morgan fingerprint density at radius 3 is 2.58 bits per heavy atom. The molecule has 2 heterocycles. The molecule has 2 fully saturated rings. The number of rotatable bonds is 8. The van der Waals surface area contributed by atoms with Crippen molar-refractivity contribution >= 4 is 22.7 Å². The summed E-state index contributed by atoms with van der Waals surface area (Å²) >= 11 is 0. The van der Waals surface area contributed by atoms with Crippen molar-refractivity contribution in [2.24, 2.45) is 5.92 Å². The van der Waals surface area contributed by atoms with E-state index in [1.807, 2.05) is 47.0 Å². The van der Waals surface area contributed by atoms with Crippen LogP contribution in [0.3, 0.4) is 0 Å². The number of hydrogen-bond acceptors (Lipinski definition) is 4. The van der Waals surface area contributed by atoms with Crippen LogP contribution in [0.1, 0.15) is 50.6 Å². The van der Waals surface area contributed by atoms with Crippen molar-refractivity contribution < 1.29 is 14.3 Å². The van der Waals surface area contributed by atoms with Gasteiger partial charge in [-0.2, -0.15) is 5.10 Å². The minimum absolute atomic E-state index is 0.0995. The highest BCUT2D eigenvalue weighted by Gasteiger charge is 2.32. The molecule has 172 valence electrons. The van der Waals surface area contributed by atoms with Crippen LogP contribution < -0.4 is 5.32 Å². The lowest BCUT2D eigenvalue weighted by Crippen LogP contribution is -2.51. The Hall–Kier alpha value is -3.19. The van der Waals surface area contributed by atoms with Crippen molar-refractivity contribution in [2.45, 2.75) is 32.2 Å². The van der Waals surface area contributed by atoms with Gasteiger partial charge in [-0.25, -0.2) is 0 Å². The van der Waals surface area contributed by atoms with Gasteiger partial charge < -0.3 is 15.0 Å². The molecule has 3 aromatic rings. The first-order valence-electron chi connectivity index (χ1n) is 11.7. The van der Waals surface area contributed by atoms with Gasteiger partial charge in [-0.3, -0.25) is 14.3 Å². The molecule has 7 nitrogen and oxygen atoms in total. The SMILES string of the molecule is COCCNC(=O)c1ccc2nn(CC3CN(C(=O)c4ccc(C5CC5)cc4)C3)cc2c1C. The fraction of sp³-hybridized carbons (Fsp3) is 0.423. The van der Waals surface area contributed by atoms with Crippen LogP contribution in [0.2, 0.25) is 0 Å². The smallest absolute Gasteiger partial charge is 0.253 e. The number of ether oxygens (including phenoxy) is 1. The van der Waals surface area contributed by atoms with Crippen LogP contribution in [-0.4, -0.2) is 59.8 Å². The van der Waals surface area contributed by atoms with Crippen LogP contribution in [0.15, 0.2) is 42.6 Å². The van der Waals surface area contributed by atoms with Gasteiger partial charge >= 0.3 is 0 Å². The Bertz CT molecular complexity index is 1170. The summed E-state index contributed by atoms with van der Waals surface area (Å²) < 4.78 is 6.94. The molecular weight excluding hydrogens is 416 g/mol. The highest BCUT2D eigenvalue weighted by Crippen LogP contribution is 2.40. The first-order chi connectivity index (χ1) is 16.0. The van der Waals surface area contributed by atoms with Crippen LogP contribution in [0.25, 0.3) is 10.9 Å². The fourth-order valence-electron chi connectivity index (χ4n) is 4.59. The number of carbonyl (C=O) groups excluding carboxylic acids is 2. The molecule has 33 heavy (non-hydrogen) atoms. The lowest BCUT2D eigenvalue weighted by molar-refractivity contribution is 0.0462. The number of hydrogen-bond donors (Lipinski definition) is 1. The second kappa shape index (κ2) is 8.98. The van der Waals surface area contributed by atoms with Crippen molar-refractivity contribution in [3.63, 3.8) is 0 Å². The third kappa shape index (κ3) is 4.50. The second-order valence-corrected chi connectivity index (χ2v) is 9.24. The Morgan fingerprint density at radius 2 is 1.88 bits per heavy atom. The maximum absolute atomic E-state index is 12.8. The Kier molecular flexibility index (Phi) is 5.89. The summed E-state index contributed by atoms with van der Waals surface area (Å²) in [6, 6.07) is 11.9. The number of aryl methyl sites for hydroxylation is 1. The summed E-state index contributed by atoms with van der Waals surface area (Å²) in [5.74, 6) is 1.10. The Balaban J connectivity index is 1.19. The lowest BCUT2D eigenvalue weighted by atomic mass is 9.98. The average molecular weight is 447 g/mol. The van der Waals surface area contributed by atoms with E-state index in [1.54, 1.807) is 7.11 Å². The molecule has 1 aromatic heterocycles. The average Bonchev–Trinajstić information content (AvgIpc) is 3.56. The quantitative estimate of drug-likeness (QED) is 0.539. The minimum atomic E-state index is -0.0995. The molecule has 0 unspecified atom stereocenters. The van der Waals surface area contributed by atoms with E-state index in [4.69, 9.17) is 9.84 Å². The third-order valence-corrected chi connectivity index (χ3v) is 6.74. The minimum Gasteiger partial charge on any atom is -0.383 e. The topological polar surface area (TPSA) is 76.5 Å². The maximum Gasteiger partial charge on any atom is 0.253 e. The Labute approximate surface area is 193 Å². The lowest BCUT2D eigenvalue weighted by Gasteiger charge is -2.39. The Morgan fingerprint density at radius 1 is 1.12 bits per heavy atom. The largest absolute Gasteiger partial charge is 0.383 e. The highest BCUT2D eigenvalue weighted by molar-refractivity contribution is 6.00. The van der Waals surface area contributed by atoms with Crippen molar-refractivity contribution in [3.05, 3.63) is 64.8 Å². The van der Waals surface area contributed by atoms with E-state index in [0.29, 0.717) is 30.6 Å². The summed E-state index contributed by atoms with van der Waals surface area (Å²) in [6.07, 6.45) is 4.55. The number of methoxy groups -OCH3 is 1. The van der Waals surface area contributed by atoms with Gasteiger partial charge in [0.25, 0.3) is 11.8 Å². The molecule has 7 heteroatoms. The zero-order valence-electron chi connectivity index (χ0n) is 19.2. The van der Waals surface area contributed by atoms with E-state index in [2.05, 4.69) is 17.4 Å². The van der Waals surface area contributed by atoms with Gasteiger partial charge in [0.15, 0.2) is 0 Å². The fourth-order valence-corrected chi connectivity index (χ4v) is 4.59. The first-order valence-corrected chi connectivity index (χ1v) is 11.7. The number of fused-ring (bicyclic) bond motifs is 1. The van der Waals surface area contributed by atoms with E-state index in [9.17, 15) is 9.59 Å². The van der Waals surface area contributed by atoms with Gasteiger partial charge in [0.05, 0.1) is 12.1 Å². The molecule has 5 rings (SSSR count). The standard InChI is InChI=1S/C26H30N4O3/c1-17-22(25(31)27-11-12-33-2)9-10-24-23(17)16-30(28-24)15-18-13-29(14-18)26(32)21-7-5-20(6-8-21)19-3-4-19/h5-10,16,18-19H,3-4,11-15H2,1-2H3,(H,27,31). The van der Waals surface area contributed by atoms with Crippen molar-refractivity contribution in [1.29, 1.82) is 0 Å². The zero-order chi connectivity index (χ0) is 22.9. The molecule has 2 aromatic carbocycles.